The molecule has 0 aliphatic carbocycles. The molecule has 1 aromatic heterocycles. The van der Waals surface area contributed by atoms with E-state index >= 15 is 4.79 Å². The lowest BCUT2D eigenvalue weighted by atomic mass is 10.0. The molecule has 0 spiro atoms. The molecule has 0 saturated carbocycles. The van der Waals surface area contributed by atoms with E-state index < -0.39 is 257 Å². The smallest absolute Gasteiger partial charge is 0.328 e. The number of benzene rings is 3. The van der Waals surface area contributed by atoms with Crippen LogP contribution in [0.2, 0.25) is 0 Å². The molecule has 3 aromatic carbocycles. The number of carbonyl (C=O) groups is 16. The van der Waals surface area contributed by atoms with Gasteiger partial charge in [0.15, 0.2) is 0 Å². The van der Waals surface area contributed by atoms with Gasteiger partial charge in [-0.15, -0.1) is 0 Å². The number of phenolic OH excluding ortho intramolecular Hbond substituents is 2. The predicted molar refractivity (Wildman–Crippen MR) is 404 cm³/mol. The van der Waals surface area contributed by atoms with Crippen molar-refractivity contribution in [3.8, 4) is 11.5 Å². The number of fused-ring (bicyclic) bond motifs is 1. The molecular weight excluding hydrogens is 1500 g/mol. The minimum absolute atomic E-state index is 0.120. The molecule has 0 aliphatic rings. The van der Waals surface area contributed by atoms with Gasteiger partial charge in [0.25, 0.3) is 0 Å². The fraction of sp³-hybridized carbons (Fsp3) is 0.493. The van der Waals surface area contributed by atoms with Crippen molar-refractivity contribution in [2.24, 2.45) is 34.6 Å². The number of amides is 15. The number of aliphatic hydroxyl groups is 4. The van der Waals surface area contributed by atoms with Gasteiger partial charge in [-0.3, -0.25) is 71.9 Å². The molecule has 30 N–H and O–H groups in total. The first-order valence-electron chi connectivity index (χ1n) is 35.8. The van der Waals surface area contributed by atoms with Crippen molar-refractivity contribution in [1.29, 1.82) is 0 Å². The van der Waals surface area contributed by atoms with Crippen molar-refractivity contribution < 1.29 is 112 Å². The van der Waals surface area contributed by atoms with Gasteiger partial charge in [-0.1, -0.05) is 56.3 Å². The van der Waals surface area contributed by atoms with E-state index in [1.54, 1.807) is 30.5 Å². The number of thioether (sulfide) groups is 1. The van der Waals surface area contributed by atoms with Gasteiger partial charge >= 0.3 is 5.97 Å². The number of aromatic hydroxyl groups is 2. The van der Waals surface area contributed by atoms with Crippen molar-refractivity contribution >= 4 is 117 Å². The number of carboxylic acid groups (broad SMARTS) is 1. The third kappa shape index (κ3) is 31.6. The minimum atomic E-state index is -1.98. The molecule has 0 radical (unpaired) electrons. The van der Waals surface area contributed by atoms with E-state index in [0.29, 0.717) is 28.5 Å². The Balaban J connectivity index is 1.73. The standard InChI is InChI=1S/C71H102N18O23S/c1-35(2)58(89-69(109)53(33-92)86-59(99)42(73)31-90)70(110)87-52(32-91)68(108)83-49(27-37-13-17-40(95)18-14-37)65(105)81-47(23-25-113-3)63(103)85-51(29-57(76)98)67(107)84-50(28-38-30-77-43-9-5-4-8-41(38)43)66(106)82-48(26-36-11-15-39(94)16-12-36)64(104)80-46(20-22-56(75)97)62(102)79-45(19-21-55(74)96)61(101)78-44(10-6-7-24-72)60(100)88-54(34-93)71(111)112/h4-5,8-9,11-18,30,35,42,44-54,58,77,90-95H,6-7,10,19-29,31-34,72-73H2,1-3H3,(H2,74,96)(H2,75,97)(H2,76,98)(H,78,101)(H,79,102)(H,80,104)(H,81,105)(H,82,106)(H,83,108)(H,84,107)(H,85,103)(H,86,99)(H,87,110)(H,88,100)(H,89,109)(H,111,112)/t42-,44-,45-,46-,47-,48-,49-,50-,51-,52-,53-,54-,58-/m0/s1. The number of nitrogens with two attached hydrogens (primary N) is 5. The van der Waals surface area contributed by atoms with Crippen LogP contribution in [0, 0.1) is 5.92 Å². The lowest BCUT2D eigenvalue weighted by Gasteiger charge is -2.28. The fourth-order valence-electron chi connectivity index (χ4n) is 11.1. The summed E-state index contributed by atoms with van der Waals surface area (Å²) >= 11 is 1.20. The van der Waals surface area contributed by atoms with E-state index in [2.05, 4.69) is 68.8 Å². The minimum Gasteiger partial charge on any atom is -0.508 e. The van der Waals surface area contributed by atoms with Crippen LogP contribution in [0.5, 0.6) is 11.5 Å². The molecular formula is C71H102N18O23S. The van der Waals surface area contributed by atoms with Crippen LogP contribution in [-0.4, -0.2) is 259 Å². The summed E-state index contributed by atoms with van der Waals surface area (Å²) in [5.41, 5.74) is 29.3. The van der Waals surface area contributed by atoms with Crippen LogP contribution in [0.4, 0.5) is 0 Å². The molecule has 1 heterocycles. The Bertz CT molecular complexity index is 3950. The Morgan fingerprint density at radius 3 is 1.20 bits per heavy atom. The number of aliphatic carboxylic acids is 1. The van der Waals surface area contributed by atoms with Crippen LogP contribution in [0.15, 0.2) is 79.0 Å². The average Bonchev–Trinajstić information content (AvgIpc) is 1.69. The summed E-state index contributed by atoms with van der Waals surface area (Å²) in [6, 6.07) is -5.10. The fourth-order valence-corrected chi connectivity index (χ4v) is 11.6. The first-order valence-corrected chi connectivity index (χ1v) is 37.2. The third-order valence-corrected chi connectivity index (χ3v) is 18.1. The monoisotopic (exact) mass is 1610 g/mol. The Morgan fingerprint density at radius 1 is 0.416 bits per heavy atom. The van der Waals surface area contributed by atoms with Crippen LogP contribution < -0.4 is 92.5 Å². The molecule has 113 heavy (non-hydrogen) atoms. The topological polar surface area (TPSA) is 705 Å². The highest BCUT2D eigenvalue weighted by Gasteiger charge is 2.39. The van der Waals surface area contributed by atoms with E-state index in [4.69, 9.17) is 28.7 Å². The number of H-pyrrole nitrogens is 1. The maximum absolute atomic E-state index is 15.2. The van der Waals surface area contributed by atoms with Gasteiger partial charge in [-0.25, -0.2) is 4.79 Å². The highest BCUT2D eigenvalue weighted by molar-refractivity contribution is 7.98. The predicted octanol–water partition coefficient (Wildman–Crippen LogP) is -8.25. The van der Waals surface area contributed by atoms with E-state index in [9.17, 15) is 108 Å². The number of aromatic amines is 1. The summed E-state index contributed by atoms with van der Waals surface area (Å²) in [4.78, 5) is 222. The second kappa shape index (κ2) is 47.6. The number of unbranched alkanes of at least 4 members (excludes halogenated alkanes) is 1. The van der Waals surface area contributed by atoms with Gasteiger partial charge in [0, 0.05) is 49.2 Å². The van der Waals surface area contributed by atoms with Crippen LogP contribution >= 0.6 is 11.8 Å². The number of para-hydroxylation sites is 1. The van der Waals surface area contributed by atoms with Gasteiger partial charge in [-0.2, -0.15) is 11.8 Å². The molecule has 41 nitrogen and oxygen atoms in total. The lowest BCUT2D eigenvalue weighted by molar-refractivity contribution is -0.143. The normalized spacial score (nSPS) is 14.6. The number of hydrogen-bond donors (Lipinski definition) is 25. The Kier molecular flexibility index (Phi) is 39.5. The van der Waals surface area contributed by atoms with Crippen molar-refractivity contribution in [2.45, 2.75) is 169 Å². The first-order chi connectivity index (χ1) is 53.6. The van der Waals surface area contributed by atoms with Crippen LogP contribution in [0.1, 0.15) is 88.3 Å². The molecule has 4 rings (SSSR count). The van der Waals surface area contributed by atoms with Gasteiger partial charge in [0.2, 0.25) is 88.6 Å². The van der Waals surface area contributed by atoms with Crippen LogP contribution in [0.25, 0.3) is 10.9 Å². The number of carbonyl (C=O) groups excluding carboxylic acids is 15. The van der Waals surface area contributed by atoms with E-state index in [0.717, 1.165) is 0 Å². The SMILES string of the molecule is CSCC[C@H](NC(=O)[C@H](Cc1ccc(O)cc1)NC(=O)[C@H](CO)NC(=O)[C@@H](NC(=O)[C@H](CO)NC(=O)[C@@H](N)CO)C(C)C)C(=O)N[C@@H](CC(N)=O)C(=O)N[C@@H](Cc1c[nH]c2ccccc12)C(=O)N[C@@H](Cc1ccc(O)cc1)C(=O)N[C@@H](CCC(N)=O)C(=O)N[C@@H](CCC(N)=O)C(=O)N[C@@H](CCCCN)C(=O)N[C@@H](CO)C(=O)O. The highest BCUT2D eigenvalue weighted by atomic mass is 32.2. The van der Waals surface area contributed by atoms with Crippen LogP contribution in [0.3, 0.4) is 0 Å². The maximum atomic E-state index is 15.2. The van der Waals surface area contributed by atoms with Crippen molar-refractivity contribution in [1.82, 2.24) is 68.8 Å². The van der Waals surface area contributed by atoms with Gasteiger partial charge in [-0.05, 0) is 110 Å². The van der Waals surface area contributed by atoms with Gasteiger partial charge in [0.05, 0.1) is 32.8 Å². The molecule has 0 fully saturated rings. The summed E-state index contributed by atoms with van der Waals surface area (Å²) in [5.74, 6) is -19.4. The largest absolute Gasteiger partial charge is 0.508 e. The number of hydrogen-bond acceptors (Lipinski definition) is 25. The Morgan fingerprint density at radius 2 is 0.788 bits per heavy atom. The molecule has 15 amide bonds. The first kappa shape index (κ1) is 93.8. The van der Waals surface area contributed by atoms with Crippen molar-refractivity contribution in [2.75, 3.05) is 45.0 Å². The summed E-state index contributed by atoms with van der Waals surface area (Å²) in [6.07, 6.45) is -1.25. The maximum Gasteiger partial charge on any atom is 0.328 e. The molecule has 0 unspecified atom stereocenters. The number of carboxylic acids is 1. The number of primary amides is 3. The second-order valence-corrected chi connectivity index (χ2v) is 27.6. The Hall–Kier alpha value is -11.6. The molecule has 4 aromatic rings. The second-order valence-electron chi connectivity index (χ2n) is 26.6. The van der Waals surface area contributed by atoms with E-state index in [1.165, 1.54) is 80.3 Å². The zero-order valence-electron chi connectivity index (χ0n) is 62.3. The number of phenols is 2. The molecule has 13 atom stereocenters. The summed E-state index contributed by atoms with van der Waals surface area (Å²) in [6.45, 7) is -0.834. The number of aromatic nitrogens is 1. The Labute approximate surface area is 652 Å². The average molecular weight is 1610 g/mol. The summed E-state index contributed by atoms with van der Waals surface area (Å²) in [7, 11) is 0. The number of nitrogens with one attached hydrogen (secondary N) is 13. The van der Waals surface area contributed by atoms with Crippen LogP contribution in [-0.2, 0) is 96.0 Å². The van der Waals surface area contributed by atoms with Gasteiger partial charge in [0.1, 0.15) is 90.0 Å². The molecule has 0 aliphatic heterocycles. The molecule has 42 heteroatoms. The van der Waals surface area contributed by atoms with Crippen molar-refractivity contribution in [3.63, 3.8) is 0 Å². The van der Waals surface area contributed by atoms with E-state index in [-0.39, 0.29) is 48.6 Å². The molecule has 0 saturated heterocycles. The number of rotatable bonds is 51. The third-order valence-electron chi connectivity index (χ3n) is 17.4. The molecule has 0 bridgehead atoms. The zero-order chi connectivity index (χ0) is 84.2. The van der Waals surface area contributed by atoms with E-state index in [1.807, 2.05) is 0 Å². The summed E-state index contributed by atoms with van der Waals surface area (Å²) < 4.78 is 0. The molecule has 620 valence electrons. The van der Waals surface area contributed by atoms with Crippen molar-refractivity contribution in [3.05, 3.63) is 95.7 Å². The highest BCUT2D eigenvalue weighted by Crippen LogP contribution is 2.21. The lowest BCUT2D eigenvalue weighted by Crippen LogP contribution is -2.62. The quantitative estimate of drug-likeness (QED) is 0.0183. The zero-order valence-corrected chi connectivity index (χ0v) is 63.1. The summed E-state index contributed by atoms with van der Waals surface area (Å²) in [5, 5.41) is 98.3. The number of aliphatic hydroxyl groups excluding tert-OH is 4. The van der Waals surface area contributed by atoms with Gasteiger partial charge < -0.3 is 133 Å².